The van der Waals surface area contributed by atoms with Crippen LogP contribution < -0.4 is 20.7 Å². The van der Waals surface area contributed by atoms with Crippen molar-refractivity contribution in [3.8, 4) is 17.1 Å². The average Bonchev–Trinajstić information content (AvgIpc) is 3.41. The fourth-order valence-corrected chi connectivity index (χ4v) is 4.44. The largest absolute Gasteiger partial charge is 0.481 e. The number of aryl methyl sites for hydroxylation is 1. The van der Waals surface area contributed by atoms with Crippen molar-refractivity contribution in [3.05, 3.63) is 94.5 Å². The number of carbonyl (C=O) groups excluding carboxylic acids is 3. The van der Waals surface area contributed by atoms with Gasteiger partial charge in [0.05, 0.1) is 19.3 Å². The van der Waals surface area contributed by atoms with Gasteiger partial charge in [-0.2, -0.15) is 0 Å². The molecule has 0 saturated heterocycles. The fraction of sp³-hybridized carbons (Fsp3) is 0.207. The third-order valence-corrected chi connectivity index (χ3v) is 6.55. The predicted octanol–water partition coefficient (Wildman–Crippen LogP) is 3.32. The number of aromatic amines is 1. The molecule has 0 saturated carbocycles. The number of amides is 2. The molecule has 11 nitrogen and oxygen atoms in total. The Morgan fingerprint density at radius 3 is 2.52 bits per heavy atom. The van der Waals surface area contributed by atoms with Crippen molar-refractivity contribution in [2.75, 3.05) is 23.9 Å². The highest BCUT2D eigenvalue weighted by atomic mass is 16.5. The highest BCUT2D eigenvalue weighted by Crippen LogP contribution is 2.36. The van der Waals surface area contributed by atoms with E-state index in [0.717, 1.165) is 11.1 Å². The average molecular weight is 543 g/mol. The van der Waals surface area contributed by atoms with Crippen molar-refractivity contribution in [2.45, 2.75) is 19.4 Å². The SMILES string of the molecule is COC(=O)C(CCc1ccccc1)C(=O)Nc1ccc2c(c1)OCC(=O)N2Cc1ccc(-c2noc(=O)[nH]2)cc1. The number of hydrogen-bond donors (Lipinski definition) is 2. The second-order valence-corrected chi connectivity index (χ2v) is 9.18. The first-order valence-electron chi connectivity index (χ1n) is 12.6. The van der Waals surface area contributed by atoms with E-state index in [0.29, 0.717) is 34.9 Å². The van der Waals surface area contributed by atoms with Crippen LogP contribution in [0, 0.1) is 5.92 Å². The number of benzene rings is 3. The number of methoxy groups -OCH3 is 1. The molecule has 40 heavy (non-hydrogen) atoms. The van der Waals surface area contributed by atoms with Crippen LogP contribution in [0.4, 0.5) is 11.4 Å². The maximum atomic E-state index is 13.0. The van der Waals surface area contributed by atoms with Gasteiger partial charge in [-0.25, -0.2) is 4.79 Å². The summed E-state index contributed by atoms with van der Waals surface area (Å²) in [6.07, 6.45) is 0.827. The molecule has 2 heterocycles. The smallest absolute Gasteiger partial charge is 0.439 e. The monoisotopic (exact) mass is 542 g/mol. The molecule has 0 fully saturated rings. The first-order valence-corrected chi connectivity index (χ1v) is 12.6. The van der Waals surface area contributed by atoms with E-state index in [9.17, 15) is 19.2 Å². The molecule has 1 aliphatic heterocycles. The molecular formula is C29H26N4O7. The minimum atomic E-state index is -0.988. The number of hydrogen-bond acceptors (Lipinski definition) is 8. The number of aromatic nitrogens is 2. The lowest BCUT2D eigenvalue weighted by atomic mass is 9.98. The minimum absolute atomic E-state index is 0.162. The third kappa shape index (κ3) is 5.93. The van der Waals surface area contributed by atoms with Gasteiger partial charge in [0.25, 0.3) is 5.91 Å². The van der Waals surface area contributed by atoms with E-state index in [2.05, 4.69) is 20.0 Å². The molecule has 0 radical (unpaired) electrons. The van der Waals surface area contributed by atoms with Gasteiger partial charge in [-0.15, -0.1) is 0 Å². The van der Waals surface area contributed by atoms with Crippen LogP contribution in [0.15, 0.2) is 82.1 Å². The number of esters is 1. The Kier molecular flexibility index (Phi) is 7.72. The molecule has 0 spiro atoms. The van der Waals surface area contributed by atoms with Gasteiger partial charge in [-0.05, 0) is 36.1 Å². The maximum absolute atomic E-state index is 13.0. The van der Waals surface area contributed by atoms with Crippen LogP contribution in [0.1, 0.15) is 17.5 Å². The zero-order valence-corrected chi connectivity index (χ0v) is 21.6. The van der Waals surface area contributed by atoms with Gasteiger partial charge in [0.2, 0.25) is 5.91 Å². The summed E-state index contributed by atoms with van der Waals surface area (Å²) in [6, 6.07) is 21.7. The van der Waals surface area contributed by atoms with Gasteiger partial charge in [0, 0.05) is 17.3 Å². The molecule has 204 valence electrons. The summed E-state index contributed by atoms with van der Waals surface area (Å²) in [5.41, 5.74) is 3.49. The summed E-state index contributed by atoms with van der Waals surface area (Å²) in [4.78, 5) is 53.4. The number of nitrogens with one attached hydrogen (secondary N) is 2. The Hall–Kier alpha value is -5.19. The number of fused-ring (bicyclic) bond motifs is 1. The number of anilines is 2. The molecule has 2 N–H and O–H groups in total. The predicted molar refractivity (Wildman–Crippen MR) is 145 cm³/mol. The summed E-state index contributed by atoms with van der Waals surface area (Å²) >= 11 is 0. The Bertz CT molecular complexity index is 1580. The van der Waals surface area contributed by atoms with Crippen LogP contribution in [-0.2, 0) is 32.1 Å². The molecule has 4 aromatic rings. The van der Waals surface area contributed by atoms with Crippen LogP contribution in [0.25, 0.3) is 11.4 Å². The first-order chi connectivity index (χ1) is 19.4. The van der Waals surface area contributed by atoms with Crippen LogP contribution in [0.3, 0.4) is 0 Å². The van der Waals surface area contributed by atoms with Gasteiger partial charge in [0.15, 0.2) is 12.4 Å². The van der Waals surface area contributed by atoms with E-state index < -0.39 is 23.6 Å². The van der Waals surface area contributed by atoms with E-state index >= 15 is 0 Å². The van der Waals surface area contributed by atoms with E-state index in [1.54, 1.807) is 35.2 Å². The summed E-state index contributed by atoms with van der Waals surface area (Å²) in [6.45, 7) is 0.116. The molecular weight excluding hydrogens is 516 g/mol. The Morgan fingerprint density at radius 2 is 1.82 bits per heavy atom. The number of ether oxygens (including phenoxy) is 2. The van der Waals surface area contributed by atoms with Crippen LogP contribution in [0.5, 0.6) is 5.75 Å². The fourth-order valence-electron chi connectivity index (χ4n) is 4.44. The van der Waals surface area contributed by atoms with Crippen LogP contribution in [-0.4, -0.2) is 41.6 Å². The summed E-state index contributed by atoms with van der Waals surface area (Å²) in [7, 11) is 1.26. The number of carbonyl (C=O) groups is 3. The van der Waals surface area contributed by atoms with Crippen molar-refractivity contribution in [3.63, 3.8) is 0 Å². The lowest BCUT2D eigenvalue weighted by molar-refractivity contribution is -0.148. The summed E-state index contributed by atoms with van der Waals surface area (Å²) < 4.78 is 15.1. The summed E-state index contributed by atoms with van der Waals surface area (Å²) in [5, 5.41) is 6.45. The Morgan fingerprint density at radius 1 is 1.05 bits per heavy atom. The van der Waals surface area contributed by atoms with Crippen molar-refractivity contribution >= 4 is 29.2 Å². The quantitative estimate of drug-likeness (QED) is 0.242. The Labute approximate surface area is 228 Å². The van der Waals surface area contributed by atoms with Gasteiger partial charge in [-0.3, -0.25) is 23.9 Å². The standard InChI is InChI=1S/C29H26N4O7/c1-38-28(36)22(13-9-18-5-3-2-4-6-18)27(35)30-21-12-14-23-24(15-21)39-17-25(34)33(23)16-19-7-10-20(11-8-19)26-31-29(37)40-32-26/h2-8,10-12,14-15,22H,9,13,16-17H2,1H3,(H,30,35)(H,31,32,37). The number of nitrogens with zero attached hydrogens (tertiary/aromatic N) is 2. The molecule has 11 heteroatoms. The van der Waals surface area contributed by atoms with Gasteiger partial charge in [-0.1, -0.05) is 59.8 Å². The van der Waals surface area contributed by atoms with Gasteiger partial charge in [0.1, 0.15) is 11.7 Å². The van der Waals surface area contributed by atoms with Crippen LogP contribution >= 0.6 is 0 Å². The molecule has 1 unspecified atom stereocenters. The van der Waals surface area contributed by atoms with E-state index in [-0.39, 0.29) is 25.5 Å². The maximum Gasteiger partial charge on any atom is 0.439 e. The van der Waals surface area contributed by atoms with E-state index in [4.69, 9.17) is 9.47 Å². The van der Waals surface area contributed by atoms with Crippen molar-refractivity contribution in [1.29, 1.82) is 0 Å². The molecule has 1 aliphatic rings. The highest BCUT2D eigenvalue weighted by molar-refractivity contribution is 6.05. The lowest BCUT2D eigenvalue weighted by Crippen LogP contribution is -2.38. The van der Waals surface area contributed by atoms with E-state index in [1.807, 2.05) is 42.5 Å². The molecule has 5 rings (SSSR count). The summed E-state index contributed by atoms with van der Waals surface area (Å²) in [5.74, 6) is -2.21. The lowest BCUT2D eigenvalue weighted by Gasteiger charge is -2.30. The van der Waals surface area contributed by atoms with Gasteiger partial charge < -0.3 is 19.7 Å². The van der Waals surface area contributed by atoms with E-state index in [1.165, 1.54) is 7.11 Å². The molecule has 0 bridgehead atoms. The molecule has 1 atom stereocenters. The topological polar surface area (TPSA) is 144 Å². The molecule has 2 amide bonds. The second kappa shape index (κ2) is 11.7. The molecule has 1 aromatic heterocycles. The molecule has 3 aromatic carbocycles. The highest BCUT2D eigenvalue weighted by Gasteiger charge is 2.29. The zero-order valence-electron chi connectivity index (χ0n) is 21.6. The van der Waals surface area contributed by atoms with Crippen molar-refractivity contribution in [1.82, 2.24) is 10.1 Å². The normalized spacial score (nSPS) is 13.2. The van der Waals surface area contributed by atoms with Crippen LogP contribution in [0.2, 0.25) is 0 Å². The first kappa shape index (κ1) is 26.4. The number of rotatable bonds is 9. The number of H-pyrrole nitrogens is 1. The van der Waals surface area contributed by atoms with Gasteiger partial charge >= 0.3 is 11.7 Å². The molecule has 0 aliphatic carbocycles. The second-order valence-electron chi connectivity index (χ2n) is 9.18. The third-order valence-electron chi connectivity index (χ3n) is 6.55. The zero-order chi connectivity index (χ0) is 28.1. The van der Waals surface area contributed by atoms with Crippen molar-refractivity contribution in [2.24, 2.45) is 5.92 Å². The Balaban J connectivity index is 1.28. The van der Waals surface area contributed by atoms with Crippen molar-refractivity contribution < 1.29 is 28.4 Å². The minimum Gasteiger partial charge on any atom is -0.481 e.